The minimum absolute atomic E-state index is 0.000489. The molecule has 0 aliphatic carbocycles. The van der Waals surface area contributed by atoms with Crippen molar-refractivity contribution in [2.24, 2.45) is 0 Å². The highest BCUT2D eigenvalue weighted by molar-refractivity contribution is 6.31. The topological polar surface area (TPSA) is 69.7 Å². The lowest BCUT2D eigenvalue weighted by molar-refractivity contribution is -0.130. The molecule has 2 heterocycles. The van der Waals surface area contributed by atoms with Gasteiger partial charge in [-0.05, 0) is 37.5 Å². The van der Waals surface area contributed by atoms with Crippen LogP contribution in [-0.2, 0) is 9.59 Å². The Morgan fingerprint density at radius 2 is 1.88 bits per heavy atom. The highest BCUT2D eigenvalue weighted by Gasteiger charge is 2.26. The maximum absolute atomic E-state index is 12.5. The third-order valence-electron chi connectivity index (χ3n) is 4.65. The molecule has 0 spiro atoms. The number of carbonyl (C=O) groups is 3. The predicted octanol–water partition coefficient (Wildman–Crippen LogP) is 2.21. The van der Waals surface area contributed by atoms with E-state index >= 15 is 0 Å². The van der Waals surface area contributed by atoms with Crippen molar-refractivity contribution in [1.29, 1.82) is 0 Å². The number of amides is 3. The van der Waals surface area contributed by atoms with Gasteiger partial charge in [0.15, 0.2) is 0 Å². The zero-order chi connectivity index (χ0) is 17.8. The third-order valence-corrected chi connectivity index (χ3v) is 4.89. The Balaban J connectivity index is 1.63. The van der Waals surface area contributed by atoms with Crippen molar-refractivity contribution in [2.75, 3.05) is 31.1 Å². The molecule has 134 valence electrons. The molecule has 0 bridgehead atoms. The number of anilines is 1. The van der Waals surface area contributed by atoms with Crippen molar-refractivity contribution in [1.82, 2.24) is 10.2 Å². The second-order valence-electron chi connectivity index (χ2n) is 6.40. The molecule has 1 aromatic carbocycles. The molecule has 3 amide bonds. The average Bonchev–Trinajstić information content (AvgIpc) is 3.26. The molecule has 1 aromatic rings. The molecule has 2 fully saturated rings. The van der Waals surface area contributed by atoms with Gasteiger partial charge in [0.25, 0.3) is 5.91 Å². The van der Waals surface area contributed by atoms with Gasteiger partial charge in [-0.25, -0.2) is 0 Å². The maximum atomic E-state index is 12.5. The second kappa shape index (κ2) is 7.87. The summed E-state index contributed by atoms with van der Waals surface area (Å²) in [5.41, 5.74) is 0.951. The Hall–Kier alpha value is -2.08. The summed E-state index contributed by atoms with van der Waals surface area (Å²) in [6.07, 6.45) is 3.65. The smallest absolute Gasteiger partial charge is 0.253 e. The summed E-state index contributed by atoms with van der Waals surface area (Å²) in [4.78, 5) is 40.0. The second-order valence-corrected chi connectivity index (χ2v) is 6.84. The van der Waals surface area contributed by atoms with Crippen LogP contribution in [-0.4, -0.2) is 48.8 Å². The van der Waals surface area contributed by atoms with Crippen LogP contribution in [0.4, 0.5) is 5.69 Å². The van der Waals surface area contributed by atoms with Gasteiger partial charge in [0.1, 0.15) is 0 Å². The van der Waals surface area contributed by atoms with Crippen molar-refractivity contribution in [2.45, 2.75) is 32.1 Å². The third kappa shape index (κ3) is 4.12. The van der Waals surface area contributed by atoms with Gasteiger partial charge in [0.05, 0.1) is 11.3 Å². The minimum atomic E-state index is -0.291. The molecule has 3 rings (SSSR count). The number of carbonyl (C=O) groups excluding carboxylic acids is 3. The highest BCUT2D eigenvalue weighted by Crippen LogP contribution is 2.28. The molecule has 25 heavy (non-hydrogen) atoms. The molecule has 1 N–H and O–H groups in total. The van der Waals surface area contributed by atoms with Crippen LogP contribution in [0.15, 0.2) is 18.2 Å². The lowest BCUT2D eigenvalue weighted by atomic mass is 10.1. The first-order valence-electron chi connectivity index (χ1n) is 8.72. The molecule has 0 atom stereocenters. The summed E-state index contributed by atoms with van der Waals surface area (Å²) >= 11 is 6.05. The highest BCUT2D eigenvalue weighted by atomic mass is 35.5. The number of hydrogen-bond acceptors (Lipinski definition) is 3. The Labute approximate surface area is 152 Å². The number of hydrogen-bond donors (Lipinski definition) is 1. The molecule has 2 aliphatic rings. The first kappa shape index (κ1) is 17.7. The van der Waals surface area contributed by atoms with Crippen LogP contribution < -0.4 is 10.2 Å². The fourth-order valence-corrected chi connectivity index (χ4v) is 3.49. The first-order valence-corrected chi connectivity index (χ1v) is 9.10. The summed E-state index contributed by atoms with van der Waals surface area (Å²) in [6.45, 7) is 2.49. The molecule has 0 radical (unpaired) electrons. The summed E-state index contributed by atoms with van der Waals surface area (Å²) in [6, 6.07) is 4.91. The summed E-state index contributed by atoms with van der Waals surface area (Å²) in [5, 5.41) is 3.27. The van der Waals surface area contributed by atoms with Crippen LogP contribution >= 0.6 is 11.6 Å². The Morgan fingerprint density at radius 1 is 1.12 bits per heavy atom. The van der Waals surface area contributed by atoms with Gasteiger partial charge in [0, 0.05) is 44.0 Å². The standard InChI is InChI=1S/C18H22ClN3O3/c19-13-5-6-14(15(12-13)22-11-3-4-17(22)24)18(25)20-8-7-16(23)21-9-1-2-10-21/h5-6,12H,1-4,7-11H2,(H,20,25). The fourth-order valence-electron chi connectivity index (χ4n) is 3.33. The number of likely N-dealkylation sites (tertiary alicyclic amines) is 1. The van der Waals surface area contributed by atoms with E-state index in [0.717, 1.165) is 32.4 Å². The largest absolute Gasteiger partial charge is 0.351 e. The Morgan fingerprint density at radius 3 is 2.56 bits per heavy atom. The van der Waals surface area contributed by atoms with Crippen molar-refractivity contribution < 1.29 is 14.4 Å². The number of nitrogens with one attached hydrogen (secondary N) is 1. The zero-order valence-electron chi connectivity index (χ0n) is 14.1. The predicted molar refractivity (Wildman–Crippen MR) is 95.8 cm³/mol. The van der Waals surface area contributed by atoms with Crippen molar-refractivity contribution in [3.05, 3.63) is 28.8 Å². The molecule has 2 saturated heterocycles. The number of halogens is 1. The van der Waals surface area contributed by atoms with E-state index in [4.69, 9.17) is 11.6 Å². The van der Waals surface area contributed by atoms with Gasteiger partial charge in [-0.15, -0.1) is 0 Å². The van der Waals surface area contributed by atoms with Crippen molar-refractivity contribution >= 4 is 35.0 Å². The van der Waals surface area contributed by atoms with Crippen molar-refractivity contribution in [3.8, 4) is 0 Å². The molecule has 0 aromatic heterocycles. The van der Waals surface area contributed by atoms with E-state index in [0.29, 0.717) is 29.2 Å². The maximum Gasteiger partial charge on any atom is 0.253 e. The van der Waals surface area contributed by atoms with Crippen LogP contribution in [0.25, 0.3) is 0 Å². The van der Waals surface area contributed by atoms with Crippen LogP contribution in [0.3, 0.4) is 0 Å². The van der Waals surface area contributed by atoms with Gasteiger partial charge in [0.2, 0.25) is 11.8 Å². The fraction of sp³-hybridized carbons (Fsp3) is 0.500. The molecule has 2 aliphatic heterocycles. The minimum Gasteiger partial charge on any atom is -0.351 e. The van der Waals surface area contributed by atoms with Crippen molar-refractivity contribution in [3.63, 3.8) is 0 Å². The number of benzene rings is 1. The van der Waals surface area contributed by atoms with E-state index in [1.165, 1.54) is 0 Å². The zero-order valence-corrected chi connectivity index (χ0v) is 14.8. The normalized spacial score (nSPS) is 17.2. The number of rotatable bonds is 5. The van der Waals surface area contributed by atoms with Gasteiger partial charge < -0.3 is 15.1 Å². The summed E-state index contributed by atoms with van der Waals surface area (Å²) < 4.78 is 0. The van der Waals surface area contributed by atoms with Gasteiger partial charge >= 0.3 is 0 Å². The number of nitrogens with zero attached hydrogens (tertiary/aromatic N) is 2. The van der Waals surface area contributed by atoms with E-state index < -0.39 is 0 Å². The van der Waals surface area contributed by atoms with Gasteiger partial charge in [-0.2, -0.15) is 0 Å². The van der Waals surface area contributed by atoms with Crippen LogP contribution in [0.2, 0.25) is 5.02 Å². The monoisotopic (exact) mass is 363 g/mol. The van der Waals surface area contributed by atoms with Gasteiger partial charge in [-0.1, -0.05) is 11.6 Å². The molecule has 6 nitrogen and oxygen atoms in total. The summed E-state index contributed by atoms with van der Waals surface area (Å²) in [7, 11) is 0. The SMILES string of the molecule is O=C(NCCC(=O)N1CCCC1)c1ccc(Cl)cc1N1CCCC1=O. The van der Waals surface area contributed by atoms with Crippen LogP contribution in [0, 0.1) is 0 Å². The Bertz CT molecular complexity index is 686. The van der Waals surface area contributed by atoms with E-state index in [9.17, 15) is 14.4 Å². The van der Waals surface area contributed by atoms with Gasteiger partial charge in [-0.3, -0.25) is 14.4 Å². The molecular formula is C18H22ClN3O3. The quantitative estimate of drug-likeness (QED) is 0.872. The van der Waals surface area contributed by atoms with E-state index in [2.05, 4.69) is 5.32 Å². The van der Waals surface area contributed by atoms with Crippen LogP contribution in [0.1, 0.15) is 42.5 Å². The van der Waals surface area contributed by atoms with E-state index in [1.807, 2.05) is 4.90 Å². The molecule has 0 saturated carbocycles. The lowest BCUT2D eigenvalue weighted by Gasteiger charge is -2.20. The van der Waals surface area contributed by atoms with Crippen LogP contribution in [0.5, 0.6) is 0 Å². The molecule has 7 heteroatoms. The molecule has 0 unspecified atom stereocenters. The molecular weight excluding hydrogens is 342 g/mol. The Kier molecular flexibility index (Phi) is 5.58. The van der Waals surface area contributed by atoms with E-state index in [1.54, 1.807) is 23.1 Å². The lowest BCUT2D eigenvalue weighted by Crippen LogP contribution is -2.33. The van der Waals surface area contributed by atoms with E-state index in [-0.39, 0.29) is 30.7 Å². The first-order chi connectivity index (χ1) is 12.1. The average molecular weight is 364 g/mol. The summed E-state index contributed by atoms with van der Waals surface area (Å²) in [5.74, 6) is -0.218.